The number of fused-ring (bicyclic) bond motifs is 1. The average molecular weight is 371 g/mol. The minimum absolute atomic E-state index is 0.0542. The quantitative estimate of drug-likeness (QED) is 0.690. The number of nitrogens with zero attached hydrogens (tertiary/aromatic N) is 2. The number of sulfone groups is 1. The molecule has 0 spiro atoms. The second kappa shape index (κ2) is 7.70. The van der Waals surface area contributed by atoms with Crippen LogP contribution in [-0.2, 0) is 21.1 Å². The zero-order valence-electron chi connectivity index (χ0n) is 14.6. The van der Waals surface area contributed by atoms with E-state index in [1.165, 1.54) is 0 Å². The number of hydrogen-bond acceptors (Lipinski definition) is 4. The Morgan fingerprint density at radius 2 is 1.92 bits per heavy atom. The van der Waals surface area contributed by atoms with Gasteiger partial charge in [-0.2, -0.15) is 0 Å². The molecule has 0 unspecified atom stereocenters. The maximum absolute atomic E-state index is 12.2. The molecule has 1 aromatic carbocycles. The molecule has 2 heterocycles. The summed E-state index contributed by atoms with van der Waals surface area (Å²) in [6.07, 6.45) is 4.38. The Labute approximate surface area is 152 Å². The Morgan fingerprint density at radius 3 is 2.65 bits per heavy atom. The van der Waals surface area contributed by atoms with Gasteiger partial charge in [0.2, 0.25) is 5.91 Å². The molecule has 0 radical (unpaired) electrons. The van der Waals surface area contributed by atoms with Crippen LogP contribution >= 0.6 is 0 Å². The normalized spacial score (nSPS) is 11.6. The second-order valence-electron chi connectivity index (χ2n) is 6.18. The minimum atomic E-state index is -3.44. The topological polar surface area (TPSA) is 80.5 Å². The molecule has 0 saturated heterocycles. The van der Waals surface area contributed by atoms with E-state index in [1.54, 1.807) is 24.3 Å². The second-order valence-corrected chi connectivity index (χ2v) is 8.29. The first-order chi connectivity index (χ1) is 12.4. The van der Waals surface area contributed by atoms with Crippen LogP contribution in [0.3, 0.4) is 0 Å². The average Bonchev–Trinajstić information content (AvgIpc) is 3.03. The van der Waals surface area contributed by atoms with Gasteiger partial charge in [-0.05, 0) is 31.2 Å². The van der Waals surface area contributed by atoms with E-state index in [9.17, 15) is 13.2 Å². The molecule has 136 valence electrons. The van der Waals surface area contributed by atoms with E-state index >= 15 is 0 Å². The highest BCUT2D eigenvalue weighted by Gasteiger charge is 2.16. The monoisotopic (exact) mass is 371 g/mol. The van der Waals surface area contributed by atoms with Gasteiger partial charge in [0.25, 0.3) is 0 Å². The van der Waals surface area contributed by atoms with Crippen LogP contribution in [0.5, 0.6) is 0 Å². The molecule has 0 aliphatic rings. The highest BCUT2D eigenvalue weighted by atomic mass is 32.2. The van der Waals surface area contributed by atoms with Crippen LogP contribution in [0.1, 0.15) is 17.7 Å². The van der Waals surface area contributed by atoms with Gasteiger partial charge in [-0.1, -0.05) is 23.8 Å². The summed E-state index contributed by atoms with van der Waals surface area (Å²) in [6.45, 7) is 2.32. The van der Waals surface area contributed by atoms with Gasteiger partial charge in [-0.25, -0.2) is 13.4 Å². The van der Waals surface area contributed by atoms with Crippen molar-refractivity contribution >= 4 is 21.4 Å². The van der Waals surface area contributed by atoms with Crippen LogP contribution in [0.2, 0.25) is 0 Å². The predicted molar refractivity (Wildman–Crippen MR) is 99.8 cm³/mol. The molecule has 0 atom stereocenters. The zero-order valence-corrected chi connectivity index (χ0v) is 15.4. The highest BCUT2D eigenvalue weighted by Crippen LogP contribution is 2.13. The molecule has 0 fully saturated rings. The molecule has 2 aromatic heterocycles. The Hall–Kier alpha value is -2.67. The Kier molecular flexibility index (Phi) is 5.37. The number of carbonyl (C=O) groups excluding carboxylic acids is 1. The van der Waals surface area contributed by atoms with Crippen molar-refractivity contribution in [2.45, 2.75) is 24.7 Å². The maximum Gasteiger partial charge on any atom is 0.221 e. The van der Waals surface area contributed by atoms with Crippen molar-refractivity contribution < 1.29 is 13.2 Å². The molecule has 3 aromatic rings. The number of pyridine rings is 1. The first-order valence-electron chi connectivity index (χ1n) is 8.43. The molecule has 0 aliphatic carbocycles. The van der Waals surface area contributed by atoms with E-state index in [2.05, 4.69) is 10.3 Å². The van der Waals surface area contributed by atoms with Crippen LogP contribution < -0.4 is 5.32 Å². The smallest absolute Gasteiger partial charge is 0.221 e. The van der Waals surface area contributed by atoms with Crippen molar-refractivity contribution in [2.75, 3.05) is 12.3 Å². The number of imidazole rings is 1. The Morgan fingerprint density at radius 1 is 1.15 bits per heavy atom. The van der Waals surface area contributed by atoms with Gasteiger partial charge in [0.05, 0.1) is 16.3 Å². The van der Waals surface area contributed by atoms with Crippen molar-refractivity contribution in [3.63, 3.8) is 0 Å². The molecular formula is C19H21N3O3S. The van der Waals surface area contributed by atoms with Gasteiger partial charge in [0.15, 0.2) is 9.84 Å². The molecule has 0 aliphatic heterocycles. The third kappa shape index (κ3) is 4.49. The summed E-state index contributed by atoms with van der Waals surface area (Å²) in [5.74, 6) is -0.472. The number of nitrogens with one attached hydrogen (secondary N) is 1. The maximum atomic E-state index is 12.2. The fourth-order valence-electron chi connectivity index (χ4n) is 2.62. The molecule has 7 heteroatoms. The van der Waals surface area contributed by atoms with Crippen molar-refractivity contribution in [2.24, 2.45) is 0 Å². The summed E-state index contributed by atoms with van der Waals surface area (Å²) < 4.78 is 26.4. The largest absolute Gasteiger partial charge is 0.356 e. The van der Waals surface area contributed by atoms with Crippen LogP contribution in [0, 0.1) is 6.92 Å². The number of aromatic nitrogens is 2. The van der Waals surface area contributed by atoms with E-state index in [0.717, 1.165) is 16.9 Å². The lowest BCUT2D eigenvalue weighted by atomic mass is 10.2. The fourth-order valence-corrected chi connectivity index (χ4v) is 3.86. The summed E-state index contributed by atoms with van der Waals surface area (Å²) >= 11 is 0. The van der Waals surface area contributed by atoms with Gasteiger partial charge in [0, 0.05) is 31.8 Å². The van der Waals surface area contributed by atoms with Crippen LogP contribution in [0.25, 0.3) is 5.65 Å². The lowest BCUT2D eigenvalue weighted by Crippen LogP contribution is -2.27. The number of carbonyl (C=O) groups is 1. The van der Waals surface area contributed by atoms with Crippen LogP contribution in [-0.4, -0.2) is 36.0 Å². The zero-order chi connectivity index (χ0) is 18.6. The van der Waals surface area contributed by atoms with Crippen molar-refractivity contribution in [3.05, 3.63) is 66.1 Å². The van der Waals surface area contributed by atoms with Gasteiger partial charge >= 0.3 is 0 Å². The first kappa shape index (κ1) is 18.1. The molecule has 6 nitrogen and oxygen atoms in total. The van der Waals surface area contributed by atoms with Gasteiger partial charge in [-0.3, -0.25) is 4.79 Å². The number of aryl methyl sites for hydroxylation is 1. The summed E-state index contributed by atoms with van der Waals surface area (Å²) in [5.41, 5.74) is 2.73. The summed E-state index contributed by atoms with van der Waals surface area (Å²) in [4.78, 5) is 16.6. The number of benzene rings is 1. The lowest BCUT2D eigenvalue weighted by molar-refractivity contribution is -0.120. The highest BCUT2D eigenvalue weighted by molar-refractivity contribution is 7.91. The number of amides is 1. The number of hydrogen-bond donors (Lipinski definition) is 1. The molecule has 3 rings (SSSR count). The van der Waals surface area contributed by atoms with Crippen LogP contribution in [0.4, 0.5) is 0 Å². The van der Waals surface area contributed by atoms with Gasteiger partial charge in [-0.15, -0.1) is 0 Å². The third-order valence-electron chi connectivity index (χ3n) is 4.10. The summed E-state index contributed by atoms with van der Waals surface area (Å²) in [6, 6.07) is 12.4. The fraction of sp³-hybridized carbons (Fsp3) is 0.263. The molecule has 1 N–H and O–H groups in total. The third-order valence-corrected chi connectivity index (χ3v) is 5.83. The van der Waals surface area contributed by atoms with Crippen molar-refractivity contribution in [1.29, 1.82) is 0 Å². The van der Waals surface area contributed by atoms with Crippen molar-refractivity contribution in [3.8, 4) is 0 Å². The molecule has 26 heavy (non-hydrogen) atoms. The van der Waals surface area contributed by atoms with Gasteiger partial charge in [0.1, 0.15) is 5.65 Å². The first-order valence-corrected chi connectivity index (χ1v) is 10.1. The molecular weight excluding hydrogens is 350 g/mol. The van der Waals surface area contributed by atoms with E-state index in [-0.39, 0.29) is 23.0 Å². The van der Waals surface area contributed by atoms with Gasteiger partial charge < -0.3 is 9.72 Å². The van der Waals surface area contributed by atoms with E-state index < -0.39 is 9.84 Å². The van der Waals surface area contributed by atoms with Crippen LogP contribution in [0.15, 0.2) is 59.8 Å². The van der Waals surface area contributed by atoms with E-state index in [0.29, 0.717) is 13.0 Å². The summed E-state index contributed by atoms with van der Waals surface area (Å²) in [7, 11) is -3.44. The molecule has 1 amide bonds. The predicted octanol–water partition coefficient (Wildman–Crippen LogP) is 2.17. The molecule has 0 bridgehead atoms. The summed E-state index contributed by atoms with van der Waals surface area (Å²) in [5, 5.41) is 2.76. The number of rotatable bonds is 7. The Bertz CT molecular complexity index is 975. The molecule has 0 saturated carbocycles. The SMILES string of the molecule is Cc1ccc(S(=O)(=O)CCC(=O)NCCc2cn3ccccc3n2)cc1. The Balaban J connectivity index is 1.47. The van der Waals surface area contributed by atoms with E-state index in [1.807, 2.05) is 41.9 Å². The lowest BCUT2D eigenvalue weighted by Gasteiger charge is -2.06. The van der Waals surface area contributed by atoms with E-state index in [4.69, 9.17) is 0 Å². The van der Waals surface area contributed by atoms with Crippen molar-refractivity contribution in [1.82, 2.24) is 14.7 Å². The minimum Gasteiger partial charge on any atom is -0.356 e. The standard InChI is InChI=1S/C19H21N3O3S/c1-15-5-7-17(8-6-15)26(24,25)13-10-19(23)20-11-9-16-14-22-12-3-2-4-18(22)21-16/h2-8,12,14H,9-11,13H2,1H3,(H,20,23).